The molecule has 2 aromatic carbocycles. The zero-order chi connectivity index (χ0) is 19.0. The van der Waals surface area contributed by atoms with E-state index in [9.17, 15) is 13.2 Å². The van der Waals surface area contributed by atoms with E-state index in [0.717, 1.165) is 0 Å². The third-order valence-electron chi connectivity index (χ3n) is 3.99. The van der Waals surface area contributed by atoms with Crippen LogP contribution in [-0.4, -0.2) is 14.3 Å². The van der Waals surface area contributed by atoms with E-state index in [1.165, 1.54) is 24.5 Å². The Bertz CT molecular complexity index is 1170. The number of carbonyl (C=O) groups is 1. The molecule has 27 heavy (non-hydrogen) atoms. The maximum atomic E-state index is 12.7. The second-order valence-electron chi connectivity index (χ2n) is 5.85. The fourth-order valence-corrected chi connectivity index (χ4v) is 4.02. The maximum Gasteiger partial charge on any atom is 0.261 e. The van der Waals surface area contributed by atoms with Crippen LogP contribution >= 0.6 is 11.6 Å². The van der Waals surface area contributed by atoms with Crippen molar-refractivity contribution < 1.29 is 17.6 Å². The van der Waals surface area contributed by atoms with Crippen molar-refractivity contribution in [3.63, 3.8) is 0 Å². The maximum absolute atomic E-state index is 12.7. The van der Waals surface area contributed by atoms with Gasteiger partial charge in [0.05, 0.1) is 22.4 Å². The second kappa shape index (κ2) is 6.61. The molecule has 0 fully saturated rings. The molecule has 2 N–H and O–H groups in total. The lowest BCUT2D eigenvalue weighted by Crippen LogP contribution is -2.13. The van der Waals surface area contributed by atoms with Crippen molar-refractivity contribution in [2.24, 2.45) is 0 Å². The molecular formula is C19H13ClN2O4S. The highest BCUT2D eigenvalue weighted by Crippen LogP contribution is 2.35. The van der Waals surface area contributed by atoms with Crippen LogP contribution in [0.5, 0.6) is 0 Å². The number of nitrogens with one attached hydrogen (secondary N) is 2. The van der Waals surface area contributed by atoms with Gasteiger partial charge in [-0.1, -0.05) is 17.7 Å². The van der Waals surface area contributed by atoms with Crippen molar-refractivity contribution in [3.05, 3.63) is 77.2 Å². The average Bonchev–Trinajstić information content (AvgIpc) is 3.23. The van der Waals surface area contributed by atoms with Crippen LogP contribution in [0.3, 0.4) is 0 Å². The Labute approximate surface area is 160 Å². The standard InChI is InChI=1S/C19H13ClN2O4S/c20-12-3-1-4-13(9-12)22-27(24,25)15-6-7-18-16(11-15)17(19(23)21-18)10-14-5-2-8-26-14/h1-11,22H,(H,21,23)/b17-10+. The number of amides is 1. The van der Waals surface area contributed by atoms with Crippen molar-refractivity contribution in [3.8, 4) is 0 Å². The summed E-state index contributed by atoms with van der Waals surface area (Å²) in [6, 6.07) is 14.3. The van der Waals surface area contributed by atoms with Crippen molar-refractivity contribution in [2.75, 3.05) is 10.0 Å². The van der Waals surface area contributed by atoms with Gasteiger partial charge < -0.3 is 9.73 Å². The number of anilines is 2. The quantitative estimate of drug-likeness (QED) is 0.641. The summed E-state index contributed by atoms with van der Waals surface area (Å²) >= 11 is 5.90. The lowest BCUT2D eigenvalue weighted by atomic mass is 10.1. The first-order valence-corrected chi connectivity index (χ1v) is 9.78. The van der Waals surface area contributed by atoms with Gasteiger partial charge in [-0.2, -0.15) is 0 Å². The van der Waals surface area contributed by atoms with E-state index in [1.54, 1.807) is 42.5 Å². The third kappa shape index (κ3) is 3.47. The Balaban J connectivity index is 1.72. The minimum absolute atomic E-state index is 0.0306. The molecule has 1 aliphatic rings. The summed E-state index contributed by atoms with van der Waals surface area (Å²) in [6.45, 7) is 0. The Morgan fingerprint density at radius 1 is 1.07 bits per heavy atom. The van der Waals surface area contributed by atoms with Crippen molar-refractivity contribution in [2.45, 2.75) is 4.90 Å². The molecule has 3 aromatic rings. The molecule has 2 heterocycles. The Morgan fingerprint density at radius 2 is 1.93 bits per heavy atom. The van der Waals surface area contributed by atoms with E-state index in [1.807, 2.05) is 0 Å². The number of furan rings is 1. The molecule has 0 aliphatic carbocycles. The highest BCUT2D eigenvalue weighted by Gasteiger charge is 2.27. The smallest absolute Gasteiger partial charge is 0.261 e. The van der Waals surface area contributed by atoms with E-state index in [0.29, 0.717) is 33.3 Å². The number of hydrogen-bond acceptors (Lipinski definition) is 4. The monoisotopic (exact) mass is 400 g/mol. The molecule has 0 atom stereocenters. The minimum Gasteiger partial charge on any atom is -0.465 e. The topological polar surface area (TPSA) is 88.4 Å². The number of carbonyl (C=O) groups excluding carboxylic acids is 1. The van der Waals surface area contributed by atoms with Crippen molar-refractivity contribution >= 4 is 50.6 Å². The molecule has 0 bridgehead atoms. The molecule has 0 saturated heterocycles. The fraction of sp³-hybridized carbons (Fsp3) is 0. The van der Waals surface area contributed by atoms with Gasteiger partial charge in [0.1, 0.15) is 5.76 Å². The first-order chi connectivity index (χ1) is 12.9. The zero-order valence-corrected chi connectivity index (χ0v) is 15.3. The van der Waals surface area contributed by atoms with Crippen LogP contribution in [0.15, 0.2) is 70.2 Å². The van der Waals surface area contributed by atoms with Crippen molar-refractivity contribution in [1.82, 2.24) is 0 Å². The van der Waals surface area contributed by atoms with Gasteiger partial charge in [-0.05, 0) is 54.6 Å². The van der Waals surface area contributed by atoms with Crippen LogP contribution in [0.25, 0.3) is 11.6 Å². The summed E-state index contributed by atoms with van der Waals surface area (Å²) in [4.78, 5) is 12.3. The molecule has 6 nitrogen and oxygen atoms in total. The first-order valence-electron chi connectivity index (χ1n) is 7.92. The molecule has 0 saturated carbocycles. The fourth-order valence-electron chi connectivity index (χ4n) is 2.76. The highest BCUT2D eigenvalue weighted by molar-refractivity contribution is 7.92. The predicted octanol–water partition coefficient (Wildman–Crippen LogP) is 4.23. The summed E-state index contributed by atoms with van der Waals surface area (Å²) < 4.78 is 33.2. The van der Waals surface area contributed by atoms with Crippen LogP contribution in [0, 0.1) is 0 Å². The largest absolute Gasteiger partial charge is 0.465 e. The molecule has 4 rings (SSSR count). The highest BCUT2D eigenvalue weighted by atomic mass is 35.5. The van der Waals surface area contributed by atoms with Gasteiger partial charge >= 0.3 is 0 Å². The number of hydrogen-bond donors (Lipinski definition) is 2. The normalized spacial score (nSPS) is 14.9. The van der Waals surface area contributed by atoms with Gasteiger partial charge in [-0.25, -0.2) is 8.42 Å². The molecule has 1 aliphatic heterocycles. The van der Waals surface area contributed by atoms with E-state index in [-0.39, 0.29) is 10.8 Å². The van der Waals surface area contributed by atoms with Crippen LogP contribution in [0.2, 0.25) is 5.02 Å². The molecule has 0 spiro atoms. The first kappa shape index (κ1) is 17.4. The van der Waals surface area contributed by atoms with Gasteiger partial charge in [0.25, 0.3) is 15.9 Å². The third-order valence-corrected chi connectivity index (χ3v) is 5.61. The average molecular weight is 401 g/mol. The number of fused-ring (bicyclic) bond motifs is 1. The summed E-state index contributed by atoms with van der Waals surface area (Å²) in [7, 11) is -3.85. The van der Waals surface area contributed by atoms with Gasteiger partial charge in [0.15, 0.2) is 0 Å². The van der Waals surface area contributed by atoms with Gasteiger partial charge in [-0.3, -0.25) is 9.52 Å². The second-order valence-corrected chi connectivity index (χ2v) is 7.97. The molecule has 1 amide bonds. The van der Waals surface area contributed by atoms with Crippen LogP contribution in [0.1, 0.15) is 11.3 Å². The van der Waals surface area contributed by atoms with Crippen LogP contribution < -0.4 is 10.0 Å². The Morgan fingerprint density at radius 3 is 2.67 bits per heavy atom. The van der Waals surface area contributed by atoms with E-state index in [4.69, 9.17) is 16.0 Å². The van der Waals surface area contributed by atoms with Crippen molar-refractivity contribution in [1.29, 1.82) is 0 Å². The van der Waals surface area contributed by atoms with Gasteiger partial charge in [0, 0.05) is 16.3 Å². The van der Waals surface area contributed by atoms with E-state index < -0.39 is 10.0 Å². The van der Waals surface area contributed by atoms with Crippen LogP contribution in [-0.2, 0) is 14.8 Å². The number of rotatable bonds is 4. The lowest BCUT2D eigenvalue weighted by Gasteiger charge is -2.09. The minimum atomic E-state index is -3.85. The van der Waals surface area contributed by atoms with Gasteiger partial charge in [0.2, 0.25) is 0 Å². The molecule has 0 radical (unpaired) electrons. The summed E-state index contributed by atoms with van der Waals surface area (Å²) in [5, 5.41) is 3.13. The number of sulfonamides is 1. The molecule has 0 unspecified atom stereocenters. The summed E-state index contributed by atoms with van der Waals surface area (Å²) in [5.74, 6) is 0.178. The molecule has 1 aromatic heterocycles. The Kier molecular flexibility index (Phi) is 4.25. The van der Waals surface area contributed by atoms with Crippen LogP contribution in [0.4, 0.5) is 11.4 Å². The SMILES string of the molecule is O=C1Nc2ccc(S(=O)(=O)Nc3cccc(Cl)c3)cc2/C1=C\c1ccco1. The molecule has 136 valence electrons. The molecular weight excluding hydrogens is 388 g/mol. The zero-order valence-electron chi connectivity index (χ0n) is 13.8. The Hall–Kier alpha value is -3.03. The lowest BCUT2D eigenvalue weighted by molar-refractivity contribution is -0.110. The molecule has 8 heteroatoms. The van der Waals surface area contributed by atoms with E-state index in [2.05, 4.69) is 10.0 Å². The summed E-state index contributed by atoms with van der Waals surface area (Å²) in [5.41, 5.74) is 1.72. The predicted molar refractivity (Wildman–Crippen MR) is 104 cm³/mol. The number of benzene rings is 2. The number of halogens is 1. The van der Waals surface area contributed by atoms with E-state index >= 15 is 0 Å². The summed E-state index contributed by atoms with van der Waals surface area (Å²) in [6.07, 6.45) is 3.07. The van der Waals surface area contributed by atoms with Gasteiger partial charge in [-0.15, -0.1) is 0 Å².